The van der Waals surface area contributed by atoms with Gasteiger partial charge in [-0.2, -0.15) is 0 Å². The van der Waals surface area contributed by atoms with Crippen molar-refractivity contribution in [1.82, 2.24) is 4.90 Å². The number of nitrogens with two attached hydrogens (primary N) is 1. The Morgan fingerprint density at radius 1 is 1.29 bits per heavy atom. The highest BCUT2D eigenvalue weighted by Gasteiger charge is 2.27. The van der Waals surface area contributed by atoms with Crippen LogP contribution in [-0.2, 0) is 4.79 Å². The zero-order valence-corrected chi connectivity index (χ0v) is 12.9. The number of para-hydroxylation sites is 1. The van der Waals surface area contributed by atoms with Gasteiger partial charge in [-0.1, -0.05) is 31.0 Å². The van der Waals surface area contributed by atoms with Crippen molar-refractivity contribution >= 4 is 11.6 Å². The average molecular weight is 289 g/mol. The van der Waals surface area contributed by atoms with Gasteiger partial charge in [-0.3, -0.25) is 4.79 Å². The molecule has 0 spiro atoms. The molecule has 0 aliphatic heterocycles. The number of benzene rings is 1. The van der Waals surface area contributed by atoms with Crippen LogP contribution in [0.15, 0.2) is 30.3 Å². The van der Waals surface area contributed by atoms with Crippen LogP contribution in [0.2, 0.25) is 0 Å². The summed E-state index contributed by atoms with van der Waals surface area (Å²) in [6, 6.07) is 10.2. The Labute approximate surface area is 127 Å². The molecule has 21 heavy (non-hydrogen) atoms. The van der Waals surface area contributed by atoms with Crippen LogP contribution in [0.3, 0.4) is 0 Å². The topological polar surface area (TPSA) is 58.4 Å². The quantitative estimate of drug-likeness (QED) is 0.846. The molecule has 0 bridgehead atoms. The molecule has 4 heteroatoms. The molecule has 1 amide bonds. The van der Waals surface area contributed by atoms with Crippen LogP contribution >= 0.6 is 0 Å². The number of hydrogen-bond donors (Lipinski definition) is 2. The second-order valence-corrected chi connectivity index (χ2v) is 5.99. The van der Waals surface area contributed by atoms with Gasteiger partial charge in [0.25, 0.3) is 0 Å². The van der Waals surface area contributed by atoms with E-state index in [9.17, 15) is 4.79 Å². The normalized spacial score (nSPS) is 22.2. The molecule has 0 radical (unpaired) electrons. The van der Waals surface area contributed by atoms with Crippen LogP contribution in [0.5, 0.6) is 0 Å². The van der Waals surface area contributed by atoms with E-state index in [4.69, 9.17) is 5.73 Å². The summed E-state index contributed by atoms with van der Waals surface area (Å²) >= 11 is 0. The third-order valence-corrected chi connectivity index (χ3v) is 4.49. The monoisotopic (exact) mass is 289 g/mol. The van der Waals surface area contributed by atoms with Gasteiger partial charge in [-0.15, -0.1) is 0 Å². The summed E-state index contributed by atoms with van der Waals surface area (Å²) < 4.78 is 0. The predicted molar refractivity (Wildman–Crippen MR) is 87.1 cm³/mol. The zero-order chi connectivity index (χ0) is 15.1. The Kier molecular flexibility index (Phi) is 6.21. The van der Waals surface area contributed by atoms with Crippen LogP contribution in [0, 0.1) is 5.92 Å². The van der Waals surface area contributed by atoms with Crippen molar-refractivity contribution in [2.45, 2.75) is 38.1 Å². The molecular weight excluding hydrogens is 262 g/mol. The summed E-state index contributed by atoms with van der Waals surface area (Å²) in [4.78, 5) is 14.3. The molecule has 116 valence electrons. The third kappa shape index (κ3) is 4.83. The highest BCUT2D eigenvalue weighted by atomic mass is 16.1. The van der Waals surface area contributed by atoms with Crippen molar-refractivity contribution in [1.29, 1.82) is 0 Å². The fourth-order valence-corrected chi connectivity index (χ4v) is 3.23. The van der Waals surface area contributed by atoms with Crippen LogP contribution in [0.25, 0.3) is 0 Å². The molecule has 1 saturated carbocycles. The first-order chi connectivity index (χ1) is 10.2. The molecule has 2 atom stereocenters. The Hall–Kier alpha value is -1.39. The minimum Gasteiger partial charge on any atom is -0.330 e. The number of carbonyl (C=O) groups excluding carboxylic acids is 1. The molecule has 0 heterocycles. The molecule has 3 N–H and O–H groups in total. The molecule has 1 aliphatic carbocycles. The van der Waals surface area contributed by atoms with Crippen LogP contribution in [0.4, 0.5) is 5.69 Å². The number of amides is 1. The summed E-state index contributed by atoms with van der Waals surface area (Å²) in [5.74, 6) is 0.661. The second kappa shape index (κ2) is 8.15. The van der Waals surface area contributed by atoms with Gasteiger partial charge in [0.05, 0.1) is 0 Å². The van der Waals surface area contributed by atoms with Crippen molar-refractivity contribution in [3.8, 4) is 0 Å². The van der Waals surface area contributed by atoms with E-state index >= 15 is 0 Å². The van der Waals surface area contributed by atoms with E-state index in [0.29, 0.717) is 18.4 Å². The highest BCUT2D eigenvalue weighted by molar-refractivity contribution is 5.90. The van der Waals surface area contributed by atoms with E-state index in [0.717, 1.165) is 18.8 Å². The van der Waals surface area contributed by atoms with Gasteiger partial charge < -0.3 is 16.0 Å². The first-order valence-corrected chi connectivity index (χ1v) is 7.96. The fourth-order valence-electron chi connectivity index (χ4n) is 3.23. The van der Waals surface area contributed by atoms with Gasteiger partial charge in [0.1, 0.15) is 0 Å². The van der Waals surface area contributed by atoms with E-state index in [-0.39, 0.29) is 5.91 Å². The lowest BCUT2D eigenvalue weighted by atomic mass is 9.83. The molecule has 2 unspecified atom stereocenters. The van der Waals surface area contributed by atoms with Gasteiger partial charge in [0.2, 0.25) is 5.91 Å². The van der Waals surface area contributed by atoms with Crippen molar-refractivity contribution in [3.63, 3.8) is 0 Å². The Bertz CT molecular complexity index is 435. The Morgan fingerprint density at radius 2 is 2.00 bits per heavy atom. The first-order valence-electron chi connectivity index (χ1n) is 7.96. The minimum atomic E-state index is 0.0770. The van der Waals surface area contributed by atoms with Gasteiger partial charge in [0.15, 0.2) is 0 Å². The van der Waals surface area contributed by atoms with Crippen LogP contribution in [0.1, 0.15) is 32.1 Å². The van der Waals surface area contributed by atoms with Crippen molar-refractivity contribution < 1.29 is 4.79 Å². The smallest absolute Gasteiger partial charge is 0.225 e. The summed E-state index contributed by atoms with van der Waals surface area (Å²) in [5, 5.41) is 2.94. The molecule has 4 nitrogen and oxygen atoms in total. The van der Waals surface area contributed by atoms with E-state index in [1.54, 1.807) is 0 Å². The lowest BCUT2D eigenvalue weighted by Gasteiger charge is -2.37. The number of rotatable bonds is 6. The second-order valence-electron chi connectivity index (χ2n) is 5.99. The SMILES string of the molecule is CN(CCC(=O)Nc1ccccc1)C1CCCCC1CN. The van der Waals surface area contributed by atoms with E-state index in [1.807, 2.05) is 30.3 Å². The molecule has 1 fully saturated rings. The van der Waals surface area contributed by atoms with Gasteiger partial charge in [-0.25, -0.2) is 0 Å². The summed E-state index contributed by atoms with van der Waals surface area (Å²) in [7, 11) is 2.12. The van der Waals surface area contributed by atoms with E-state index < -0.39 is 0 Å². The fraction of sp³-hybridized carbons (Fsp3) is 0.588. The molecule has 1 aromatic carbocycles. The molecule has 0 aromatic heterocycles. The lowest BCUT2D eigenvalue weighted by molar-refractivity contribution is -0.116. The van der Waals surface area contributed by atoms with Crippen molar-refractivity contribution in [3.05, 3.63) is 30.3 Å². The Morgan fingerprint density at radius 3 is 2.71 bits per heavy atom. The largest absolute Gasteiger partial charge is 0.330 e. The molecular formula is C17H27N3O. The summed E-state index contributed by atoms with van der Waals surface area (Å²) in [6.07, 6.45) is 5.53. The molecule has 2 rings (SSSR count). The number of anilines is 1. The number of carbonyl (C=O) groups is 1. The average Bonchev–Trinajstić information content (AvgIpc) is 2.53. The van der Waals surface area contributed by atoms with Crippen molar-refractivity contribution in [2.24, 2.45) is 11.7 Å². The third-order valence-electron chi connectivity index (χ3n) is 4.49. The maximum Gasteiger partial charge on any atom is 0.225 e. The van der Waals surface area contributed by atoms with Crippen molar-refractivity contribution in [2.75, 3.05) is 25.5 Å². The van der Waals surface area contributed by atoms with Gasteiger partial charge >= 0.3 is 0 Å². The zero-order valence-electron chi connectivity index (χ0n) is 12.9. The maximum absolute atomic E-state index is 12.0. The number of nitrogens with zero attached hydrogens (tertiary/aromatic N) is 1. The van der Waals surface area contributed by atoms with Crippen LogP contribution in [-0.4, -0.2) is 37.0 Å². The standard InChI is InChI=1S/C17H27N3O/c1-20(16-10-6-5-7-14(16)13-18)12-11-17(21)19-15-8-3-2-4-9-15/h2-4,8-9,14,16H,5-7,10-13,18H2,1H3,(H,19,21). The molecule has 1 aliphatic rings. The predicted octanol–water partition coefficient (Wildman–Crippen LogP) is 2.46. The Balaban J connectivity index is 1.77. The van der Waals surface area contributed by atoms with E-state index in [1.165, 1.54) is 25.7 Å². The summed E-state index contributed by atoms with van der Waals surface area (Å²) in [6.45, 7) is 1.55. The maximum atomic E-state index is 12.0. The molecule has 0 saturated heterocycles. The van der Waals surface area contributed by atoms with E-state index in [2.05, 4.69) is 17.3 Å². The first kappa shape index (κ1) is 16.0. The highest BCUT2D eigenvalue weighted by Crippen LogP contribution is 2.27. The minimum absolute atomic E-state index is 0.0770. The lowest BCUT2D eigenvalue weighted by Crippen LogP contribution is -2.44. The number of nitrogens with one attached hydrogen (secondary N) is 1. The molecule has 1 aromatic rings. The van der Waals surface area contributed by atoms with Gasteiger partial charge in [0, 0.05) is 24.7 Å². The van der Waals surface area contributed by atoms with Gasteiger partial charge in [-0.05, 0) is 44.5 Å². The summed E-state index contributed by atoms with van der Waals surface area (Å²) in [5.41, 5.74) is 6.75. The van der Waals surface area contributed by atoms with Crippen LogP contribution < -0.4 is 11.1 Å². The number of hydrogen-bond acceptors (Lipinski definition) is 3.